The predicted molar refractivity (Wildman–Crippen MR) is 185 cm³/mol. The van der Waals surface area contributed by atoms with Gasteiger partial charge in [0.15, 0.2) is 0 Å². The molecule has 0 aliphatic carbocycles. The van der Waals surface area contributed by atoms with Crippen LogP contribution in [0.2, 0.25) is 0 Å². The fourth-order valence-corrected chi connectivity index (χ4v) is 13.3. The Balaban J connectivity index is 1.33. The molecule has 5 aromatic carbocycles. The van der Waals surface area contributed by atoms with Crippen molar-refractivity contribution in [2.75, 3.05) is 0 Å². The van der Waals surface area contributed by atoms with Crippen molar-refractivity contribution in [3.63, 3.8) is 0 Å². The van der Waals surface area contributed by atoms with Gasteiger partial charge in [-0.1, -0.05) is 0 Å². The molecule has 214 valence electrons. The molecule has 0 radical (unpaired) electrons. The van der Waals surface area contributed by atoms with Gasteiger partial charge in [-0.15, -0.1) is 0 Å². The van der Waals surface area contributed by atoms with E-state index in [1.165, 1.54) is 64.8 Å². The summed E-state index contributed by atoms with van der Waals surface area (Å²) in [6.07, 6.45) is 0. The van der Waals surface area contributed by atoms with Crippen molar-refractivity contribution in [1.29, 1.82) is 0 Å². The molecule has 0 aliphatic heterocycles. The summed E-state index contributed by atoms with van der Waals surface area (Å²) in [4.78, 5) is 0. The SMILES string of the molecule is c1ccc(C[Se]Cc2cc(C[Se]Cc3ccccc3)c(C[Se]Cc3ccccc3)cc2C[Se]Cc2ccccc2)cc1. The van der Waals surface area contributed by atoms with E-state index in [0.29, 0.717) is 59.8 Å². The second kappa shape index (κ2) is 18.1. The van der Waals surface area contributed by atoms with Crippen LogP contribution in [0.3, 0.4) is 0 Å². The van der Waals surface area contributed by atoms with Crippen LogP contribution in [0.25, 0.3) is 0 Å². The van der Waals surface area contributed by atoms with Crippen LogP contribution in [0.5, 0.6) is 0 Å². The molecule has 0 saturated carbocycles. The minimum atomic E-state index is 0.577. The Morgan fingerprint density at radius 3 is 0.690 bits per heavy atom. The first-order valence-electron chi connectivity index (χ1n) is 14.4. The molecule has 0 N–H and O–H groups in total. The molecule has 0 saturated heterocycles. The van der Waals surface area contributed by atoms with E-state index in [2.05, 4.69) is 133 Å². The van der Waals surface area contributed by atoms with E-state index in [-0.39, 0.29) is 0 Å². The van der Waals surface area contributed by atoms with Gasteiger partial charge in [0.25, 0.3) is 0 Å². The first kappa shape index (κ1) is 31.6. The normalized spacial score (nSPS) is 11.0. The molecule has 0 bridgehead atoms. The van der Waals surface area contributed by atoms with Gasteiger partial charge in [0.2, 0.25) is 0 Å². The molecular weight excluding hydrogens is 772 g/mol. The molecule has 0 nitrogen and oxygen atoms in total. The first-order valence-corrected chi connectivity index (χ1v) is 24.1. The number of hydrogen-bond acceptors (Lipinski definition) is 0. The van der Waals surface area contributed by atoms with Crippen LogP contribution in [0.4, 0.5) is 0 Å². The molecular formula is C38H38Se4. The van der Waals surface area contributed by atoms with Crippen molar-refractivity contribution in [3.05, 3.63) is 178 Å². The van der Waals surface area contributed by atoms with Gasteiger partial charge in [-0.05, 0) is 0 Å². The van der Waals surface area contributed by atoms with Crippen molar-refractivity contribution < 1.29 is 0 Å². The third-order valence-electron chi connectivity index (χ3n) is 7.00. The van der Waals surface area contributed by atoms with Crippen LogP contribution in [0, 0.1) is 0 Å². The molecule has 5 aromatic rings. The zero-order chi connectivity index (χ0) is 28.7. The van der Waals surface area contributed by atoms with Gasteiger partial charge in [0, 0.05) is 0 Å². The van der Waals surface area contributed by atoms with E-state index in [1.807, 2.05) is 0 Å². The van der Waals surface area contributed by atoms with E-state index >= 15 is 0 Å². The second-order valence-electron chi connectivity index (χ2n) is 10.3. The molecule has 0 aliphatic rings. The summed E-state index contributed by atoms with van der Waals surface area (Å²) in [6, 6.07) is 49.7. The summed E-state index contributed by atoms with van der Waals surface area (Å²) in [5, 5.41) is 9.85. The monoisotopic (exact) mass is 814 g/mol. The Labute approximate surface area is 278 Å². The van der Waals surface area contributed by atoms with Crippen molar-refractivity contribution in [3.8, 4) is 0 Å². The van der Waals surface area contributed by atoms with Crippen molar-refractivity contribution in [2.45, 2.75) is 42.6 Å². The fraction of sp³-hybridized carbons (Fsp3) is 0.211. The quantitative estimate of drug-likeness (QED) is 0.0919. The summed E-state index contributed by atoms with van der Waals surface area (Å²) in [7, 11) is 0. The summed E-state index contributed by atoms with van der Waals surface area (Å²) >= 11 is 2.31. The van der Waals surface area contributed by atoms with Gasteiger partial charge in [-0.2, -0.15) is 0 Å². The second-order valence-corrected chi connectivity index (χ2v) is 18.6. The molecule has 0 spiro atoms. The van der Waals surface area contributed by atoms with E-state index in [1.54, 1.807) is 22.3 Å². The van der Waals surface area contributed by atoms with Crippen LogP contribution in [0.1, 0.15) is 44.5 Å². The third kappa shape index (κ3) is 10.7. The van der Waals surface area contributed by atoms with Crippen molar-refractivity contribution >= 4 is 59.8 Å². The Hall–Kier alpha value is -1.82. The number of benzene rings is 5. The van der Waals surface area contributed by atoms with Crippen LogP contribution in [-0.4, -0.2) is 59.8 Å². The zero-order valence-corrected chi connectivity index (χ0v) is 30.8. The Bertz CT molecular complexity index is 1230. The minimum absolute atomic E-state index is 0.577. The average molecular weight is 811 g/mol. The molecule has 0 fully saturated rings. The van der Waals surface area contributed by atoms with Gasteiger partial charge in [0.1, 0.15) is 0 Å². The maximum atomic E-state index is 2.67. The van der Waals surface area contributed by atoms with E-state index in [4.69, 9.17) is 0 Å². The predicted octanol–water partition coefficient (Wildman–Crippen LogP) is 7.30. The molecule has 0 heterocycles. The topological polar surface area (TPSA) is 0 Å². The van der Waals surface area contributed by atoms with Gasteiger partial charge in [-0.25, -0.2) is 0 Å². The van der Waals surface area contributed by atoms with Crippen molar-refractivity contribution in [2.24, 2.45) is 0 Å². The molecule has 5 rings (SSSR count). The Morgan fingerprint density at radius 2 is 0.476 bits per heavy atom. The summed E-state index contributed by atoms with van der Waals surface area (Å²) in [5.74, 6) is 0. The van der Waals surface area contributed by atoms with E-state index < -0.39 is 0 Å². The average Bonchev–Trinajstić information content (AvgIpc) is 3.04. The molecule has 0 unspecified atom stereocenters. The zero-order valence-electron chi connectivity index (χ0n) is 24.0. The van der Waals surface area contributed by atoms with Gasteiger partial charge in [-0.3, -0.25) is 0 Å². The summed E-state index contributed by atoms with van der Waals surface area (Å²) < 4.78 is 0. The summed E-state index contributed by atoms with van der Waals surface area (Å²) in [5.41, 5.74) is 12.5. The maximum absolute atomic E-state index is 2.67. The number of hydrogen-bond donors (Lipinski definition) is 0. The third-order valence-corrected chi connectivity index (χ3v) is 15.8. The molecule has 4 heteroatoms. The Kier molecular flexibility index (Phi) is 13.6. The molecule has 0 amide bonds. The Morgan fingerprint density at radius 1 is 0.262 bits per heavy atom. The van der Waals surface area contributed by atoms with Gasteiger partial charge < -0.3 is 0 Å². The van der Waals surface area contributed by atoms with Gasteiger partial charge in [0.05, 0.1) is 0 Å². The molecule has 0 aromatic heterocycles. The first-order chi connectivity index (χ1) is 20.8. The van der Waals surface area contributed by atoms with Crippen LogP contribution >= 0.6 is 0 Å². The molecule has 42 heavy (non-hydrogen) atoms. The van der Waals surface area contributed by atoms with E-state index in [0.717, 1.165) is 0 Å². The van der Waals surface area contributed by atoms with Crippen LogP contribution in [0.15, 0.2) is 133 Å². The fourth-order valence-electron chi connectivity index (χ4n) is 4.74. The number of rotatable bonds is 16. The van der Waals surface area contributed by atoms with Crippen LogP contribution in [-0.2, 0) is 42.6 Å². The summed E-state index contributed by atoms with van der Waals surface area (Å²) in [6.45, 7) is 0. The standard InChI is InChI=1S/C38H38Se4/c1-5-13-31(14-6-1)23-39-27-35-21-37(29-41-25-33-17-9-3-10-18-33)38(30-42-26-34-19-11-4-12-20-34)22-36(35)28-40-24-32-15-7-2-8-16-32/h1-22H,23-30H2. The molecule has 0 atom stereocenters. The van der Waals surface area contributed by atoms with E-state index in [9.17, 15) is 0 Å². The van der Waals surface area contributed by atoms with Crippen molar-refractivity contribution in [1.82, 2.24) is 0 Å². The van der Waals surface area contributed by atoms with Gasteiger partial charge >= 0.3 is 280 Å². The van der Waals surface area contributed by atoms with Crippen LogP contribution < -0.4 is 0 Å².